The van der Waals surface area contributed by atoms with Gasteiger partial charge in [-0.1, -0.05) is 30.3 Å². The minimum atomic E-state index is -3.81. The zero-order chi connectivity index (χ0) is 14.9. The van der Waals surface area contributed by atoms with Gasteiger partial charge in [0.2, 0.25) is 16.0 Å². The monoisotopic (exact) mass is 300 g/mol. The first-order chi connectivity index (χ1) is 10.0. The van der Waals surface area contributed by atoms with Crippen molar-refractivity contribution < 1.29 is 8.42 Å². The summed E-state index contributed by atoms with van der Waals surface area (Å²) in [5.41, 5.74) is 1.11. The van der Waals surface area contributed by atoms with Gasteiger partial charge in [-0.15, -0.1) is 0 Å². The molecule has 3 N–H and O–H groups in total. The van der Waals surface area contributed by atoms with E-state index < -0.39 is 10.0 Å². The first kappa shape index (κ1) is 13.5. The van der Waals surface area contributed by atoms with Gasteiger partial charge in [0, 0.05) is 11.6 Å². The number of aromatic nitrogens is 2. The Morgan fingerprint density at radius 3 is 2.52 bits per heavy atom. The molecule has 0 bridgehead atoms. The Balaban J connectivity index is 2.03. The van der Waals surface area contributed by atoms with Gasteiger partial charge in [-0.25, -0.2) is 23.5 Å². The summed E-state index contributed by atoms with van der Waals surface area (Å²) in [7, 11) is -3.81. The second kappa shape index (κ2) is 5.12. The summed E-state index contributed by atoms with van der Waals surface area (Å²) in [6, 6.07) is 13.9. The minimum absolute atomic E-state index is 0.00163. The molecule has 2 aromatic carbocycles. The maximum atomic E-state index is 11.6. The SMILES string of the molecule is NS(=O)(=O)c1ccccc1Nc1ncc2ccccc2n1. The predicted octanol–water partition coefficient (Wildman–Crippen LogP) is 2.02. The molecule has 106 valence electrons. The number of nitrogens with zero attached hydrogens (tertiary/aromatic N) is 2. The van der Waals surface area contributed by atoms with Crippen LogP contribution >= 0.6 is 0 Å². The number of primary sulfonamides is 1. The number of nitrogens with two attached hydrogens (primary N) is 1. The average molecular weight is 300 g/mol. The van der Waals surface area contributed by atoms with Crippen LogP contribution in [0.1, 0.15) is 0 Å². The summed E-state index contributed by atoms with van der Waals surface area (Å²) in [5.74, 6) is 0.310. The van der Waals surface area contributed by atoms with Gasteiger partial charge in [0.15, 0.2) is 0 Å². The van der Waals surface area contributed by atoms with Gasteiger partial charge in [-0.2, -0.15) is 0 Å². The summed E-state index contributed by atoms with van der Waals surface area (Å²) in [5, 5.41) is 8.99. The van der Waals surface area contributed by atoms with Gasteiger partial charge in [0.25, 0.3) is 0 Å². The molecular formula is C14H12N4O2S. The lowest BCUT2D eigenvalue weighted by Gasteiger charge is -2.09. The zero-order valence-corrected chi connectivity index (χ0v) is 11.7. The number of anilines is 2. The molecule has 1 heterocycles. The number of hydrogen-bond donors (Lipinski definition) is 2. The number of rotatable bonds is 3. The highest BCUT2D eigenvalue weighted by Crippen LogP contribution is 2.22. The topological polar surface area (TPSA) is 98.0 Å². The highest BCUT2D eigenvalue weighted by atomic mass is 32.2. The third kappa shape index (κ3) is 2.83. The molecule has 3 rings (SSSR count). The normalized spacial score (nSPS) is 11.5. The second-order valence-corrected chi connectivity index (χ2v) is 5.95. The Labute approximate surface area is 121 Å². The third-order valence-corrected chi connectivity index (χ3v) is 3.90. The van der Waals surface area contributed by atoms with E-state index in [1.807, 2.05) is 24.3 Å². The predicted molar refractivity (Wildman–Crippen MR) is 80.6 cm³/mol. The van der Waals surface area contributed by atoms with E-state index in [0.29, 0.717) is 11.6 Å². The van der Waals surface area contributed by atoms with E-state index in [1.54, 1.807) is 24.4 Å². The fourth-order valence-electron chi connectivity index (χ4n) is 1.97. The first-order valence-corrected chi connectivity index (χ1v) is 7.69. The van der Waals surface area contributed by atoms with Crippen LogP contribution in [0.4, 0.5) is 11.6 Å². The van der Waals surface area contributed by atoms with Crippen molar-refractivity contribution in [3.8, 4) is 0 Å². The van der Waals surface area contributed by atoms with Crippen molar-refractivity contribution in [1.82, 2.24) is 9.97 Å². The number of para-hydroxylation sites is 2. The maximum absolute atomic E-state index is 11.6. The summed E-state index contributed by atoms with van der Waals surface area (Å²) in [4.78, 5) is 8.50. The number of nitrogens with one attached hydrogen (secondary N) is 1. The smallest absolute Gasteiger partial charge is 0.240 e. The molecule has 21 heavy (non-hydrogen) atoms. The average Bonchev–Trinajstić information content (AvgIpc) is 2.46. The van der Waals surface area contributed by atoms with Crippen LogP contribution in [-0.2, 0) is 10.0 Å². The van der Waals surface area contributed by atoms with Crippen LogP contribution in [0.3, 0.4) is 0 Å². The molecule has 0 spiro atoms. The van der Waals surface area contributed by atoms with Crippen molar-refractivity contribution in [1.29, 1.82) is 0 Å². The highest BCUT2D eigenvalue weighted by Gasteiger charge is 2.13. The van der Waals surface area contributed by atoms with Gasteiger partial charge in [0.1, 0.15) is 4.90 Å². The molecule has 0 amide bonds. The minimum Gasteiger partial charge on any atom is -0.323 e. The molecule has 0 atom stereocenters. The summed E-state index contributed by atoms with van der Waals surface area (Å²) in [6.07, 6.45) is 1.67. The molecule has 0 aliphatic rings. The molecule has 0 aliphatic carbocycles. The van der Waals surface area contributed by atoms with E-state index in [4.69, 9.17) is 5.14 Å². The summed E-state index contributed by atoms with van der Waals surface area (Å²) >= 11 is 0. The van der Waals surface area contributed by atoms with Crippen LogP contribution < -0.4 is 10.5 Å². The molecule has 0 fully saturated rings. The number of fused-ring (bicyclic) bond motifs is 1. The van der Waals surface area contributed by atoms with Crippen LogP contribution in [-0.4, -0.2) is 18.4 Å². The van der Waals surface area contributed by atoms with Gasteiger partial charge < -0.3 is 5.32 Å². The van der Waals surface area contributed by atoms with E-state index >= 15 is 0 Å². The fourth-order valence-corrected chi connectivity index (χ4v) is 2.66. The van der Waals surface area contributed by atoms with Crippen molar-refractivity contribution in [3.63, 3.8) is 0 Å². The number of hydrogen-bond acceptors (Lipinski definition) is 5. The molecule has 0 saturated heterocycles. The lowest BCUT2D eigenvalue weighted by molar-refractivity contribution is 0.598. The van der Waals surface area contributed by atoms with Gasteiger partial charge >= 0.3 is 0 Å². The van der Waals surface area contributed by atoms with Crippen LogP contribution in [0.15, 0.2) is 59.6 Å². The molecule has 0 unspecified atom stereocenters. The van der Waals surface area contributed by atoms with Crippen molar-refractivity contribution in [2.45, 2.75) is 4.90 Å². The maximum Gasteiger partial charge on any atom is 0.240 e. The third-order valence-electron chi connectivity index (χ3n) is 2.93. The van der Waals surface area contributed by atoms with Crippen molar-refractivity contribution in [2.75, 3.05) is 5.32 Å². The standard InChI is InChI=1S/C14H12N4O2S/c15-21(19,20)13-8-4-3-7-12(13)18-14-16-9-10-5-1-2-6-11(10)17-14/h1-9H,(H2,15,19,20)(H,16,17,18). The van der Waals surface area contributed by atoms with Crippen LogP contribution in [0.2, 0.25) is 0 Å². The largest absolute Gasteiger partial charge is 0.323 e. The molecule has 3 aromatic rings. The fraction of sp³-hybridized carbons (Fsp3) is 0. The van der Waals surface area contributed by atoms with E-state index in [-0.39, 0.29) is 4.90 Å². The van der Waals surface area contributed by atoms with E-state index in [9.17, 15) is 8.42 Å². The van der Waals surface area contributed by atoms with Gasteiger partial charge in [0.05, 0.1) is 11.2 Å². The van der Waals surface area contributed by atoms with E-state index in [2.05, 4.69) is 15.3 Å². The van der Waals surface area contributed by atoms with Crippen LogP contribution in [0.5, 0.6) is 0 Å². The van der Waals surface area contributed by atoms with Gasteiger partial charge in [-0.3, -0.25) is 0 Å². The van der Waals surface area contributed by atoms with Crippen molar-refractivity contribution in [2.24, 2.45) is 5.14 Å². The van der Waals surface area contributed by atoms with Crippen molar-refractivity contribution in [3.05, 3.63) is 54.7 Å². The quantitative estimate of drug-likeness (QED) is 0.771. The molecule has 0 aliphatic heterocycles. The number of sulfonamides is 1. The Kier molecular flexibility index (Phi) is 3.28. The molecule has 1 aromatic heterocycles. The Bertz CT molecular complexity index is 910. The van der Waals surface area contributed by atoms with E-state index in [0.717, 1.165) is 10.9 Å². The molecular weight excluding hydrogens is 288 g/mol. The zero-order valence-electron chi connectivity index (χ0n) is 10.9. The molecule has 7 heteroatoms. The van der Waals surface area contributed by atoms with Crippen LogP contribution in [0, 0.1) is 0 Å². The first-order valence-electron chi connectivity index (χ1n) is 6.15. The molecule has 0 saturated carbocycles. The highest BCUT2D eigenvalue weighted by molar-refractivity contribution is 7.89. The van der Waals surface area contributed by atoms with Crippen molar-refractivity contribution >= 4 is 32.6 Å². The lowest BCUT2D eigenvalue weighted by atomic mass is 10.2. The lowest BCUT2D eigenvalue weighted by Crippen LogP contribution is -2.14. The summed E-state index contributed by atoms with van der Waals surface area (Å²) in [6.45, 7) is 0. The van der Waals surface area contributed by atoms with E-state index in [1.165, 1.54) is 6.07 Å². The Morgan fingerprint density at radius 2 is 1.71 bits per heavy atom. The molecule has 0 radical (unpaired) electrons. The van der Waals surface area contributed by atoms with Gasteiger partial charge in [-0.05, 0) is 18.2 Å². The van der Waals surface area contributed by atoms with Crippen LogP contribution in [0.25, 0.3) is 10.9 Å². The second-order valence-electron chi connectivity index (χ2n) is 4.42. The Hall–Kier alpha value is -2.51. The molecule has 6 nitrogen and oxygen atoms in total. The summed E-state index contributed by atoms with van der Waals surface area (Å²) < 4.78 is 23.1. The Morgan fingerprint density at radius 1 is 1.00 bits per heavy atom. The number of benzene rings is 2.